The van der Waals surface area contributed by atoms with Gasteiger partial charge in [-0.2, -0.15) is 0 Å². The lowest BCUT2D eigenvalue weighted by Gasteiger charge is -2.20. The van der Waals surface area contributed by atoms with Gasteiger partial charge in [0.25, 0.3) is 0 Å². The van der Waals surface area contributed by atoms with E-state index < -0.39 is 0 Å². The van der Waals surface area contributed by atoms with Crippen molar-refractivity contribution in [1.82, 2.24) is 10.4 Å². The third kappa shape index (κ3) is 2.86. The average molecular weight is 320 g/mol. The summed E-state index contributed by atoms with van der Waals surface area (Å²) in [6.45, 7) is 6.33. The lowest BCUT2D eigenvalue weighted by Crippen LogP contribution is -2.30. The molecule has 0 aliphatic carbocycles. The Morgan fingerprint density at radius 1 is 1.16 bits per heavy atom. The number of halogens is 1. The molecule has 1 aromatic heterocycles. The van der Waals surface area contributed by atoms with Crippen molar-refractivity contribution in [3.63, 3.8) is 0 Å². The largest absolute Gasteiger partial charge is 0.271 e. The summed E-state index contributed by atoms with van der Waals surface area (Å²) in [4.78, 5) is 4.43. The molecule has 1 atom stereocenters. The van der Waals surface area contributed by atoms with Crippen molar-refractivity contribution < 1.29 is 0 Å². The van der Waals surface area contributed by atoms with Crippen molar-refractivity contribution in [2.75, 3.05) is 0 Å². The zero-order valence-corrected chi connectivity index (χ0v) is 13.0. The lowest BCUT2D eigenvalue weighted by atomic mass is 9.94. The predicted octanol–water partition coefficient (Wildman–Crippen LogP) is 3.32. The molecule has 1 aromatic carbocycles. The summed E-state index contributed by atoms with van der Waals surface area (Å²) in [6.07, 6.45) is 1.78. The van der Waals surface area contributed by atoms with Gasteiger partial charge in [-0.15, -0.1) is 0 Å². The van der Waals surface area contributed by atoms with Crippen LogP contribution < -0.4 is 11.3 Å². The second-order valence-corrected chi connectivity index (χ2v) is 5.62. The summed E-state index contributed by atoms with van der Waals surface area (Å²) in [7, 11) is 0. The van der Waals surface area contributed by atoms with Crippen molar-refractivity contribution in [2.45, 2.75) is 26.8 Å². The molecule has 2 aromatic rings. The number of nitrogens with two attached hydrogens (primary N) is 1. The monoisotopic (exact) mass is 319 g/mol. The maximum atomic E-state index is 5.75. The van der Waals surface area contributed by atoms with E-state index in [9.17, 15) is 0 Å². The third-order valence-electron chi connectivity index (χ3n) is 3.42. The lowest BCUT2D eigenvalue weighted by molar-refractivity contribution is 0.614. The van der Waals surface area contributed by atoms with Crippen LogP contribution in [0.2, 0.25) is 0 Å². The van der Waals surface area contributed by atoms with E-state index >= 15 is 0 Å². The Hall–Kier alpha value is -1.23. The van der Waals surface area contributed by atoms with Crippen LogP contribution in [-0.2, 0) is 0 Å². The van der Waals surface area contributed by atoms with Crippen LogP contribution in [0.25, 0.3) is 0 Å². The number of rotatable bonds is 3. The highest BCUT2D eigenvalue weighted by molar-refractivity contribution is 9.10. The van der Waals surface area contributed by atoms with Crippen LogP contribution in [0.15, 0.2) is 34.9 Å². The van der Waals surface area contributed by atoms with Crippen LogP contribution in [0, 0.1) is 20.8 Å². The molecule has 4 heteroatoms. The van der Waals surface area contributed by atoms with Crippen molar-refractivity contribution in [3.05, 3.63) is 62.9 Å². The molecule has 0 aliphatic heterocycles. The molecule has 19 heavy (non-hydrogen) atoms. The van der Waals surface area contributed by atoms with Gasteiger partial charge in [0.05, 0.1) is 11.7 Å². The summed E-state index contributed by atoms with van der Waals surface area (Å²) >= 11 is 3.53. The number of hydrazine groups is 1. The Labute approximate surface area is 122 Å². The zero-order chi connectivity index (χ0) is 14.0. The second-order valence-electron chi connectivity index (χ2n) is 4.76. The van der Waals surface area contributed by atoms with E-state index in [0.717, 1.165) is 15.7 Å². The van der Waals surface area contributed by atoms with Gasteiger partial charge in [0.1, 0.15) is 0 Å². The molecule has 0 saturated carbocycles. The Kier molecular flexibility index (Phi) is 4.34. The van der Waals surface area contributed by atoms with E-state index in [4.69, 9.17) is 5.84 Å². The Morgan fingerprint density at radius 3 is 2.47 bits per heavy atom. The molecule has 1 heterocycles. The van der Waals surface area contributed by atoms with E-state index in [2.05, 4.69) is 59.2 Å². The minimum Gasteiger partial charge on any atom is -0.271 e. The first kappa shape index (κ1) is 14.2. The van der Waals surface area contributed by atoms with E-state index in [1.165, 1.54) is 16.7 Å². The van der Waals surface area contributed by atoms with Crippen LogP contribution in [0.1, 0.15) is 34.0 Å². The first-order chi connectivity index (χ1) is 9.04. The first-order valence-corrected chi connectivity index (χ1v) is 6.98. The third-order valence-corrected chi connectivity index (χ3v) is 4.09. The van der Waals surface area contributed by atoms with Crippen LogP contribution in [0.5, 0.6) is 0 Å². The maximum Gasteiger partial charge on any atom is 0.0895 e. The van der Waals surface area contributed by atoms with E-state index in [0.29, 0.717) is 0 Å². The summed E-state index contributed by atoms with van der Waals surface area (Å²) in [6, 6.07) is 8.12. The van der Waals surface area contributed by atoms with Crippen molar-refractivity contribution in [3.8, 4) is 0 Å². The minimum atomic E-state index is -0.116. The number of hydrogen-bond donors (Lipinski definition) is 2. The van der Waals surface area contributed by atoms with E-state index in [-0.39, 0.29) is 6.04 Å². The molecule has 0 saturated heterocycles. The Balaban J connectivity index is 2.55. The molecule has 3 nitrogen and oxygen atoms in total. The number of aromatic nitrogens is 1. The number of nitrogens with one attached hydrogen (secondary N) is 1. The SMILES string of the molecule is Cc1cc(C)c(C(NN)c2ncccc2Br)cc1C. The molecular weight excluding hydrogens is 302 g/mol. The number of aryl methyl sites for hydroxylation is 3. The zero-order valence-electron chi connectivity index (χ0n) is 11.4. The summed E-state index contributed by atoms with van der Waals surface area (Å²) < 4.78 is 0.954. The molecule has 0 fully saturated rings. The fourth-order valence-electron chi connectivity index (χ4n) is 2.22. The fourth-order valence-corrected chi connectivity index (χ4v) is 2.70. The predicted molar refractivity (Wildman–Crippen MR) is 81.8 cm³/mol. The van der Waals surface area contributed by atoms with Gasteiger partial charge in [0.2, 0.25) is 0 Å². The Morgan fingerprint density at radius 2 is 1.84 bits per heavy atom. The van der Waals surface area contributed by atoms with Gasteiger partial charge in [-0.3, -0.25) is 10.8 Å². The minimum absolute atomic E-state index is 0.116. The van der Waals surface area contributed by atoms with Crippen molar-refractivity contribution >= 4 is 15.9 Å². The number of benzene rings is 1. The van der Waals surface area contributed by atoms with Gasteiger partial charge in [0, 0.05) is 10.7 Å². The second kappa shape index (κ2) is 5.82. The standard InChI is InChI=1S/C15H18BrN3/c1-9-7-11(3)12(8-10(9)2)14(19-17)15-13(16)5-4-6-18-15/h4-8,14,19H,17H2,1-3H3. The summed E-state index contributed by atoms with van der Waals surface area (Å²) in [5.74, 6) is 5.75. The average Bonchev–Trinajstić information content (AvgIpc) is 2.38. The van der Waals surface area contributed by atoms with Gasteiger partial charge in [-0.25, -0.2) is 5.43 Å². The van der Waals surface area contributed by atoms with Crippen LogP contribution in [0.3, 0.4) is 0 Å². The molecule has 0 bridgehead atoms. The van der Waals surface area contributed by atoms with Gasteiger partial charge < -0.3 is 0 Å². The Bertz CT molecular complexity index is 596. The molecule has 0 amide bonds. The quantitative estimate of drug-likeness (QED) is 0.674. The van der Waals surface area contributed by atoms with Gasteiger partial charge in [-0.05, 0) is 71.1 Å². The fraction of sp³-hybridized carbons (Fsp3) is 0.267. The highest BCUT2D eigenvalue weighted by atomic mass is 79.9. The molecule has 0 radical (unpaired) electrons. The molecular formula is C15H18BrN3. The molecule has 100 valence electrons. The van der Waals surface area contributed by atoms with E-state index in [1.807, 2.05) is 12.1 Å². The van der Waals surface area contributed by atoms with Crippen LogP contribution in [-0.4, -0.2) is 4.98 Å². The summed E-state index contributed by atoms with van der Waals surface area (Å²) in [5.41, 5.74) is 8.69. The maximum absolute atomic E-state index is 5.75. The van der Waals surface area contributed by atoms with Crippen LogP contribution in [0.4, 0.5) is 0 Å². The highest BCUT2D eigenvalue weighted by Gasteiger charge is 2.19. The van der Waals surface area contributed by atoms with E-state index in [1.54, 1.807) is 6.20 Å². The topological polar surface area (TPSA) is 50.9 Å². The van der Waals surface area contributed by atoms with Crippen LogP contribution >= 0.6 is 15.9 Å². The molecule has 0 spiro atoms. The first-order valence-electron chi connectivity index (χ1n) is 6.19. The molecule has 2 rings (SSSR count). The normalized spacial score (nSPS) is 12.5. The van der Waals surface area contributed by atoms with Gasteiger partial charge in [0.15, 0.2) is 0 Å². The van der Waals surface area contributed by atoms with Gasteiger partial charge >= 0.3 is 0 Å². The number of pyridine rings is 1. The van der Waals surface area contributed by atoms with Crippen molar-refractivity contribution in [2.24, 2.45) is 5.84 Å². The molecule has 0 aliphatic rings. The number of nitrogens with zero attached hydrogens (tertiary/aromatic N) is 1. The smallest absolute Gasteiger partial charge is 0.0895 e. The van der Waals surface area contributed by atoms with Crippen molar-refractivity contribution in [1.29, 1.82) is 0 Å². The summed E-state index contributed by atoms with van der Waals surface area (Å²) in [5, 5.41) is 0. The van der Waals surface area contributed by atoms with Gasteiger partial charge in [-0.1, -0.05) is 12.1 Å². The molecule has 3 N–H and O–H groups in total. The highest BCUT2D eigenvalue weighted by Crippen LogP contribution is 2.29. The molecule has 1 unspecified atom stereocenters. The number of hydrogen-bond acceptors (Lipinski definition) is 3.